The van der Waals surface area contributed by atoms with Crippen LogP contribution in [0.4, 0.5) is 4.79 Å². The van der Waals surface area contributed by atoms with Crippen LogP contribution in [0.1, 0.15) is 19.8 Å². The minimum Gasteiger partial charge on any atom is -0.450 e. The average Bonchev–Trinajstić information content (AvgIpc) is 2.66. The quantitative estimate of drug-likeness (QED) is 0.633. The van der Waals surface area contributed by atoms with Gasteiger partial charge in [-0.1, -0.05) is 13.2 Å². The number of amides is 1. The molecule has 4 nitrogen and oxygen atoms in total. The van der Waals surface area contributed by atoms with Crippen LogP contribution >= 0.6 is 0 Å². The Balaban J connectivity index is 2.29. The van der Waals surface area contributed by atoms with Gasteiger partial charge in [-0.25, -0.2) is 4.79 Å². The van der Waals surface area contributed by atoms with E-state index in [0.29, 0.717) is 17.8 Å². The summed E-state index contributed by atoms with van der Waals surface area (Å²) in [5.74, 6) is -0.0898. The first-order chi connectivity index (χ1) is 7.57. The average molecular weight is 221 g/mol. The Kier molecular flexibility index (Phi) is 2.58. The van der Waals surface area contributed by atoms with Gasteiger partial charge in [-0.15, -0.1) is 0 Å². The fourth-order valence-corrected chi connectivity index (χ4v) is 2.46. The van der Waals surface area contributed by atoms with Crippen molar-refractivity contribution in [2.45, 2.75) is 31.8 Å². The monoisotopic (exact) mass is 221 g/mol. The SMILES string of the molecule is C=C1C(=O)C(=C)C2CCC1N2C(=O)OCC. The topological polar surface area (TPSA) is 46.6 Å². The third kappa shape index (κ3) is 1.37. The van der Waals surface area contributed by atoms with Gasteiger partial charge < -0.3 is 4.74 Å². The van der Waals surface area contributed by atoms with Gasteiger partial charge in [0.25, 0.3) is 0 Å². The van der Waals surface area contributed by atoms with Crippen LogP contribution in [0.3, 0.4) is 0 Å². The third-order valence-corrected chi connectivity index (χ3v) is 3.25. The number of nitrogens with zero attached hydrogens (tertiary/aromatic N) is 1. The second kappa shape index (κ2) is 3.77. The number of Topliss-reactive ketones (excluding diaryl/α,β-unsaturated/α-hetero) is 1. The zero-order chi connectivity index (χ0) is 11.9. The highest BCUT2D eigenvalue weighted by atomic mass is 16.6. The van der Waals surface area contributed by atoms with Crippen molar-refractivity contribution in [2.24, 2.45) is 0 Å². The lowest BCUT2D eigenvalue weighted by molar-refractivity contribution is -0.114. The number of ketones is 1. The number of carbonyl (C=O) groups is 2. The zero-order valence-corrected chi connectivity index (χ0v) is 9.36. The van der Waals surface area contributed by atoms with Crippen molar-refractivity contribution in [3.63, 3.8) is 0 Å². The molecular weight excluding hydrogens is 206 g/mol. The minimum absolute atomic E-state index is 0.0898. The summed E-state index contributed by atoms with van der Waals surface area (Å²) >= 11 is 0. The van der Waals surface area contributed by atoms with Gasteiger partial charge in [0, 0.05) is 11.1 Å². The lowest BCUT2D eigenvalue weighted by atomic mass is 9.93. The molecule has 0 aliphatic carbocycles. The van der Waals surface area contributed by atoms with Gasteiger partial charge in [-0.2, -0.15) is 0 Å². The van der Waals surface area contributed by atoms with Crippen molar-refractivity contribution in [1.29, 1.82) is 0 Å². The Labute approximate surface area is 94.6 Å². The molecule has 2 atom stereocenters. The number of ether oxygens (including phenoxy) is 1. The summed E-state index contributed by atoms with van der Waals surface area (Å²) in [7, 11) is 0. The Hall–Kier alpha value is -1.58. The molecule has 2 saturated heterocycles. The second-order valence-electron chi connectivity index (χ2n) is 4.09. The molecule has 0 aromatic heterocycles. The van der Waals surface area contributed by atoms with Gasteiger partial charge >= 0.3 is 6.09 Å². The molecule has 2 aliphatic rings. The molecule has 1 amide bonds. The van der Waals surface area contributed by atoms with E-state index >= 15 is 0 Å². The van der Waals surface area contributed by atoms with E-state index in [1.54, 1.807) is 11.8 Å². The molecule has 0 aromatic carbocycles. The van der Waals surface area contributed by atoms with Gasteiger partial charge in [0.2, 0.25) is 0 Å². The van der Waals surface area contributed by atoms with E-state index in [0.717, 1.165) is 12.8 Å². The number of piperidine rings is 1. The van der Waals surface area contributed by atoms with Crippen LogP contribution in [0.2, 0.25) is 0 Å². The lowest BCUT2D eigenvalue weighted by Gasteiger charge is -2.35. The molecule has 0 saturated carbocycles. The highest BCUT2D eigenvalue weighted by Gasteiger charge is 2.47. The van der Waals surface area contributed by atoms with E-state index in [1.807, 2.05) is 0 Å². The van der Waals surface area contributed by atoms with Crippen LogP contribution in [0.5, 0.6) is 0 Å². The lowest BCUT2D eigenvalue weighted by Crippen LogP contribution is -2.49. The summed E-state index contributed by atoms with van der Waals surface area (Å²) in [5, 5.41) is 0. The largest absolute Gasteiger partial charge is 0.450 e. The van der Waals surface area contributed by atoms with Crippen LogP contribution in [-0.4, -0.2) is 35.5 Å². The van der Waals surface area contributed by atoms with Gasteiger partial charge in [-0.05, 0) is 19.8 Å². The summed E-state index contributed by atoms with van der Waals surface area (Å²) < 4.78 is 4.99. The summed E-state index contributed by atoms with van der Waals surface area (Å²) in [6.45, 7) is 9.61. The van der Waals surface area contributed by atoms with Crippen molar-refractivity contribution in [3.05, 3.63) is 24.3 Å². The molecule has 16 heavy (non-hydrogen) atoms. The number of hydrogen-bond donors (Lipinski definition) is 0. The minimum atomic E-state index is -0.371. The molecule has 2 aliphatic heterocycles. The van der Waals surface area contributed by atoms with Crippen LogP contribution in [0.25, 0.3) is 0 Å². The van der Waals surface area contributed by atoms with Crippen LogP contribution < -0.4 is 0 Å². The fraction of sp³-hybridized carbons (Fsp3) is 0.500. The maximum atomic E-state index is 11.8. The van der Waals surface area contributed by atoms with Crippen molar-refractivity contribution in [1.82, 2.24) is 4.90 Å². The van der Waals surface area contributed by atoms with Crippen molar-refractivity contribution in [3.8, 4) is 0 Å². The van der Waals surface area contributed by atoms with Crippen molar-refractivity contribution < 1.29 is 14.3 Å². The molecule has 4 heteroatoms. The normalized spacial score (nSPS) is 28.6. The fourth-order valence-electron chi connectivity index (χ4n) is 2.46. The number of fused-ring (bicyclic) bond motifs is 2. The molecule has 2 bridgehead atoms. The van der Waals surface area contributed by atoms with E-state index in [-0.39, 0.29) is 24.0 Å². The Morgan fingerprint density at radius 1 is 1.38 bits per heavy atom. The molecular formula is C12H15NO3. The molecule has 0 aromatic rings. The highest BCUT2D eigenvalue weighted by Crippen LogP contribution is 2.38. The summed E-state index contributed by atoms with van der Waals surface area (Å²) in [6.07, 6.45) is 1.17. The maximum absolute atomic E-state index is 11.8. The van der Waals surface area contributed by atoms with E-state index in [9.17, 15) is 9.59 Å². The van der Waals surface area contributed by atoms with E-state index < -0.39 is 0 Å². The molecule has 2 fully saturated rings. The molecule has 2 rings (SSSR count). The molecule has 2 unspecified atom stereocenters. The smallest absolute Gasteiger partial charge is 0.410 e. The first-order valence-electron chi connectivity index (χ1n) is 5.45. The maximum Gasteiger partial charge on any atom is 0.410 e. The molecule has 0 spiro atoms. The van der Waals surface area contributed by atoms with E-state index in [2.05, 4.69) is 13.2 Å². The predicted molar refractivity (Wildman–Crippen MR) is 59.0 cm³/mol. The zero-order valence-electron chi connectivity index (χ0n) is 9.36. The number of rotatable bonds is 1. The predicted octanol–water partition coefficient (Wildman–Crippen LogP) is 1.67. The van der Waals surface area contributed by atoms with Crippen LogP contribution in [0.15, 0.2) is 24.3 Å². The Morgan fingerprint density at radius 2 is 1.88 bits per heavy atom. The van der Waals surface area contributed by atoms with Gasteiger partial charge in [0.05, 0.1) is 18.7 Å². The highest BCUT2D eigenvalue weighted by molar-refractivity contribution is 6.11. The second-order valence-corrected chi connectivity index (χ2v) is 4.09. The van der Waals surface area contributed by atoms with E-state index in [4.69, 9.17) is 4.74 Å². The first-order valence-corrected chi connectivity index (χ1v) is 5.45. The third-order valence-electron chi connectivity index (χ3n) is 3.25. The van der Waals surface area contributed by atoms with Crippen LogP contribution in [0, 0.1) is 0 Å². The number of hydrogen-bond acceptors (Lipinski definition) is 3. The molecule has 2 heterocycles. The van der Waals surface area contributed by atoms with Crippen molar-refractivity contribution in [2.75, 3.05) is 6.61 Å². The molecule has 86 valence electrons. The Morgan fingerprint density at radius 3 is 2.31 bits per heavy atom. The summed E-state index contributed by atoms with van der Waals surface area (Å²) in [6, 6.07) is -0.385. The Bertz CT molecular complexity index is 360. The van der Waals surface area contributed by atoms with Crippen LogP contribution in [-0.2, 0) is 9.53 Å². The molecule has 0 N–H and O–H groups in total. The van der Waals surface area contributed by atoms with Gasteiger partial charge in [0.15, 0.2) is 5.78 Å². The number of carbonyl (C=O) groups excluding carboxylic acids is 2. The standard InChI is InChI=1S/C12H15NO3/c1-4-16-12(15)13-9-5-6-10(13)8(3)11(14)7(9)2/h9-10H,2-6H2,1H3. The first kappa shape index (κ1) is 10.9. The summed E-state index contributed by atoms with van der Waals surface area (Å²) in [5.41, 5.74) is 0.929. The molecule has 0 radical (unpaired) electrons. The van der Waals surface area contributed by atoms with Gasteiger partial charge in [-0.3, -0.25) is 9.69 Å². The van der Waals surface area contributed by atoms with Gasteiger partial charge in [0.1, 0.15) is 0 Å². The van der Waals surface area contributed by atoms with E-state index in [1.165, 1.54) is 0 Å². The summed E-state index contributed by atoms with van der Waals surface area (Å²) in [4.78, 5) is 25.1. The van der Waals surface area contributed by atoms with Crippen molar-refractivity contribution >= 4 is 11.9 Å².